The molecule has 1 aromatic carbocycles. The summed E-state index contributed by atoms with van der Waals surface area (Å²) in [5.41, 5.74) is 2.38. The number of aromatic nitrogens is 2. The van der Waals surface area contributed by atoms with Crippen molar-refractivity contribution in [2.75, 3.05) is 26.2 Å². The molecule has 1 saturated heterocycles. The topological polar surface area (TPSA) is 69.3 Å². The van der Waals surface area contributed by atoms with Gasteiger partial charge in [-0.05, 0) is 30.0 Å². The van der Waals surface area contributed by atoms with Crippen LogP contribution in [0.4, 0.5) is 0 Å². The lowest BCUT2D eigenvalue weighted by molar-refractivity contribution is -0.134. The minimum atomic E-state index is 0.0159. The first kappa shape index (κ1) is 18.4. The van der Waals surface area contributed by atoms with Gasteiger partial charge in [-0.2, -0.15) is 0 Å². The largest absolute Gasteiger partial charge is 0.345 e. The molecule has 26 heavy (non-hydrogen) atoms. The molecule has 1 fully saturated rings. The maximum Gasteiger partial charge on any atom is 0.254 e. The Morgan fingerprint density at radius 1 is 1.15 bits per heavy atom. The van der Waals surface area contributed by atoms with Gasteiger partial charge in [0.25, 0.3) is 5.91 Å². The number of aromatic amines is 1. The Labute approximate surface area is 154 Å². The average molecular weight is 356 g/mol. The highest BCUT2D eigenvalue weighted by Gasteiger charge is 2.26. The van der Waals surface area contributed by atoms with Crippen LogP contribution >= 0.6 is 0 Å². The van der Waals surface area contributed by atoms with Gasteiger partial charge in [-0.1, -0.05) is 27.2 Å². The van der Waals surface area contributed by atoms with E-state index in [2.05, 4.69) is 30.7 Å². The summed E-state index contributed by atoms with van der Waals surface area (Å²) >= 11 is 0. The van der Waals surface area contributed by atoms with Crippen LogP contribution in [0.1, 0.15) is 44.0 Å². The molecule has 0 aliphatic carbocycles. The first-order valence-electron chi connectivity index (χ1n) is 9.49. The molecule has 2 aromatic rings. The molecule has 140 valence electrons. The Morgan fingerprint density at radius 3 is 2.50 bits per heavy atom. The van der Waals surface area contributed by atoms with Crippen LogP contribution < -0.4 is 0 Å². The first-order valence-corrected chi connectivity index (χ1v) is 9.49. The summed E-state index contributed by atoms with van der Waals surface area (Å²) in [5, 5.41) is 0. The minimum absolute atomic E-state index is 0.0159. The highest BCUT2D eigenvalue weighted by molar-refractivity contribution is 5.97. The molecular formula is C20H28N4O2. The number of carbonyl (C=O) groups is 2. The van der Waals surface area contributed by atoms with Crippen LogP contribution in [0.15, 0.2) is 24.5 Å². The van der Waals surface area contributed by atoms with Crippen LogP contribution in [-0.2, 0) is 4.79 Å². The third-order valence-corrected chi connectivity index (χ3v) is 5.49. The average Bonchev–Trinajstić information content (AvgIpc) is 3.13. The van der Waals surface area contributed by atoms with Crippen molar-refractivity contribution >= 4 is 22.8 Å². The zero-order valence-corrected chi connectivity index (χ0v) is 15.9. The van der Waals surface area contributed by atoms with Crippen molar-refractivity contribution < 1.29 is 9.59 Å². The predicted molar refractivity (Wildman–Crippen MR) is 102 cm³/mol. The van der Waals surface area contributed by atoms with Crippen molar-refractivity contribution in [2.24, 2.45) is 11.8 Å². The summed E-state index contributed by atoms with van der Waals surface area (Å²) in [5.74, 6) is 1.19. The molecule has 0 saturated carbocycles. The van der Waals surface area contributed by atoms with E-state index < -0.39 is 0 Å². The Kier molecular flexibility index (Phi) is 5.59. The van der Waals surface area contributed by atoms with E-state index in [1.165, 1.54) is 0 Å². The van der Waals surface area contributed by atoms with Crippen LogP contribution in [0.2, 0.25) is 0 Å². The molecule has 2 heterocycles. The van der Waals surface area contributed by atoms with Gasteiger partial charge in [0.05, 0.1) is 17.4 Å². The lowest BCUT2D eigenvalue weighted by Crippen LogP contribution is -2.51. The van der Waals surface area contributed by atoms with E-state index in [0.717, 1.165) is 17.5 Å². The summed E-state index contributed by atoms with van der Waals surface area (Å²) in [6, 6.07) is 5.52. The highest BCUT2D eigenvalue weighted by atomic mass is 16.2. The van der Waals surface area contributed by atoms with Crippen LogP contribution in [-0.4, -0.2) is 57.8 Å². The second-order valence-corrected chi connectivity index (χ2v) is 7.42. The number of imidazole rings is 1. The van der Waals surface area contributed by atoms with E-state index in [0.29, 0.717) is 50.0 Å². The van der Waals surface area contributed by atoms with Crippen LogP contribution in [0, 0.1) is 11.8 Å². The molecule has 1 aliphatic heterocycles. The number of nitrogens with one attached hydrogen (secondary N) is 1. The quantitative estimate of drug-likeness (QED) is 0.895. The second-order valence-electron chi connectivity index (χ2n) is 7.42. The van der Waals surface area contributed by atoms with Crippen molar-refractivity contribution in [3.63, 3.8) is 0 Å². The van der Waals surface area contributed by atoms with E-state index in [4.69, 9.17) is 0 Å². The van der Waals surface area contributed by atoms with Gasteiger partial charge in [0, 0.05) is 38.2 Å². The van der Waals surface area contributed by atoms with Gasteiger partial charge in [-0.15, -0.1) is 0 Å². The molecule has 1 atom stereocenters. The standard InChI is InChI=1S/C20H28N4O2/c1-4-15(14(2)3)12-19(25)23-7-9-24(10-8-23)20(26)16-5-6-17-18(11-16)22-13-21-17/h5-6,11,13-15H,4,7-10,12H2,1-3H3,(H,21,22). The summed E-state index contributed by atoms with van der Waals surface area (Å²) in [6.07, 6.45) is 3.26. The molecular weight excluding hydrogens is 328 g/mol. The number of fused-ring (bicyclic) bond motifs is 1. The van der Waals surface area contributed by atoms with Crippen LogP contribution in [0.3, 0.4) is 0 Å². The summed E-state index contributed by atoms with van der Waals surface area (Å²) < 4.78 is 0. The molecule has 2 amide bonds. The summed E-state index contributed by atoms with van der Waals surface area (Å²) in [4.78, 5) is 36.3. The monoisotopic (exact) mass is 356 g/mol. The maximum atomic E-state index is 12.7. The van der Waals surface area contributed by atoms with Crippen molar-refractivity contribution in [2.45, 2.75) is 33.6 Å². The van der Waals surface area contributed by atoms with E-state index in [1.54, 1.807) is 6.33 Å². The van der Waals surface area contributed by atoms with Crippen molar-refractivity contribution in [3.8, 4) is 0 Å². The fourth-order valence-electron chi connectivity index (χ4n) is 3.61. The zero-order chi connectivity index (χ0) is 18.7. The fraction of sp³-hybridized carbons (Fsp3) is 0.550. The van der Waals surface area contributed by atoms with Crippen molar-refractivity contribution in [1.82, 2.24) is 19.8 Å². The third-order valence-electron chi connectivity index (χ3n) is 5.49. The predicted octanol–water partition coefficient (Wildman–Crippen LogP) is 2.92. The smallest absolute Gasteiger partial charge is 0.254 e. The van der Waals surface area contributed by atoms with Gasteiger partial charge in [-0.25, -0.2) is 4.98 Å². The van der Waals surface area contributed by atoms with Gasteiger partial charge >= 0.3 is 0 Å². The van der Waals surface area contributed by atoms with Crippen LogP contribution in [0.5, 0.6) is 0 Å². The Bertz CT molecular complexity index is 775. The number of rotatable bonds is 5. The third kappa shape index (κ3) is 3.89. The molecule has 1 aromatic heterocycles. The molecule has 1 N–H and O–H groups in total. The molecule has 0 radical (unpaired) electrons. The summed E-state index contributed by atoms with van der Waals surface area (Å²) in [7, 11) is 0. The fourth-order valence-corrected chi connectivity index (χ4v) is 3.61. The normalized spacial score (nSPS) is 16.3. The van der Waals surface area contributed by atoms with Gasteiger partial charge in [-0.3, -0.25) is 9.59 Å². The van der Waals surface area contributed by atoms with Gasteiger partial charge < -0.3 is 14.8 Å². The lowest BCUT2D eigenvalue weighted by atomic mass is 9.89. The highest BCUT2D eigenvalue weighted by Crippen LogP contribution is 2.21. The minimum Gasteiger partial charge on any atom is -0.345 e. The number of benzene rings is 1. The van der Waals surface area contributed by atoms with E-state index in [1.807, 2.05) is 28.0 Å². The molecule has 0 spiro atoms. The molecule has 6 heteroatoms. The van der Waals surface area contributed by atoms with E-state index in [-0.39, 0.29) is 11.8 Å². The van der Waals surface area contributed by atoms with E-state index in [9.17, 15) is 9.59 Å². The maximum absolute atomic E-state index is 12.7. The van der Waals surface area contributed by atoms with Gasteiger partial charge in [0.1, 0.15) is 0 Å². The molecule has 6 nitrogen and oxygen atoms in total. The van der Waals surface area contributed by atoms with Crippen molar-refractivity contribution in [1.29, 1.82) is 0 Å². The van der Waals surface area contributed by atoms with Gasteiger partial charge in [0.2, 0.25) is 5.91 Å². The number of amides is 2. The number of hydrogen-bond acceptors (Lipinski definition) is 3. The number of carbonyl (C=O) groups excluding carboxylic acids is 2. The zero-order valence-electron chi connectivity index (χ0n) is 15.9. The summed E-state index contributed by atoms with van der Waals surface area (Å²) in [6.45, 7) is 8.90. The molecule has 3 rings (SSSR count). The number of hydrogen-bond donors (Lipinski definition) is 1. The Balaban J connectivity index is 1.57. The van der Waals surface area contributed by atoms with Crippen LogP contribution in [0.25, 0.3) is 11.0 Å². The Morgan fingerprint density at radius 2 is 1.85 bits per heavy atom. The molecule has 0 bridgehead atoms. The van der Waals surface area contributed by atoms with Crippen molar-refractivity contribution in [3.05, 3.63) is 30.1 Å². The number of H-pyrrole nitrogens is 1. The number of nitrogens with zero attached hydrogens (tertiary/aromatic N) is 3. The Hall–Kier alpha value is -2.37. The molecule has 1 aliphatic rings. The van der Waals surface area contributed by atoms with Gasteiger partial charge in [0.15, 0.2) is 0 Å². The SMILES string of the molecule is CCC(CC(=O)N1CCN(C(=O)c2ccc3nc[nH]c3c2)CC1)C(C)C. The number of piperazine rings is 1. The van der Waals surface area contributed by atoms with E-state index >= 15 is 0 Å². The molecule has 1 unspecified atom stereocenters. The first-order chi connectivity index (χ1) is 12.5. The second kappa shape index (κ2) is 7.89. The lowest BCUT2D eigenvalue weighted by Gasteiger charge is -2.35.